The molecule has 1 atom stereocenters. The highest BCUT2D eigenvalue weighted by Gasteiger charge is 2.04. The SMILES string of the molecule is CCCC(CC)OCCCCCCCC/C=C\C/C=C\CCCCS.CCCCCCCCCCCCCCCCCCO. The summed E-state index contributed by atoms with van der Waals surface area (Å²) in [6, 6.07) is 0. The van der Waals surface area contributed by atoms with Gasteiger partial charge in [0.25, 0.3) is 0 Å². The van der Waals surface area contributed by atoms with E-state index in [1.807, 2.05) is 0 Å². The molecular weight excluding hydrogens is 557 g/mol. The zero-order chi connectivity index (χ0) is 32.4. The standard InChI is InChI=1S/C23H44OS.C18H38O/c1-3-20-23(4-2)24-21-18-16-14-12-10-8-6-5-7-9-11-13-15-17-19-22-25;1-2-3-4-5-6-7-8-9-10-11-12-13-14-15-16-17-18-19/h5,7,11,13,23,25H,3-4,6,8-10,12,14-22H2,1-2H3;19H,2-18H2,1H3/b7-5-,13-11-;. The topological polar surface area (TPSA) is 29.5 Å². The Morgan fingerprint density at radius 3 is 1.36 bits per heavy atom. The van der Waals surface area contributed by atoms with Gasteiger partial charge in [0.15, 0.2) is 0 Å². The largest absolute Gasteiger partial charge is 0.396 e. The minimum absolute atomic E-state index is 0.373. The highest BCUT2D eigenvalue weighted by Crippen LogP contribution is 2.14. The van der Waals surface area contributed by atoms with Crippen molar-refractivity contribution < 1.29 is 9.84 Å². The maximum atomic E-state index is 8.67. The van der Waals surface area contributed by atoms with Gasteiger partial charge in [-0.15, -0.1) is 0 Å². The van der Waals surface area contributed by atoms with Crippen LogP contribution in [0.2, 0.25) is 0 Å². The third-order valence-electron chi connectivity index (χ3n) is 8.58. The first kappa shape index (κ1) is 45.9. The van der Waals surface area contributed by atoms with Gasteiger partial charge in [0.05, 0.1) is 6.10 Å². The van der Waals surface area contributed by atoms with Crippen molar-refractivity contribution in [1.82, 2.24) is 0 Å². The van der Waals surface area contributed by atoms with E-state index in [4.69, 9.17) is 9.84 Å². The van der Waals surface area contributed by atoms with Gasteiger partial charge in [0.1, 0.15) is 0 Å². The second-order valence-corrected chi connectivity index (χ2v) is 13.5. The molecule has 0 saturated carbocycles. The molecule has 1 unspecified atom stereocenters. The van der Waals surface area contributed by atoms with E-state index >= 15 is 0 Å². The molecular formula is C41H82O2S. The number of ether oxygens (including phenoxy) is 1. The lowest BCUT2D eigenvalue weighted by Crippen LogP contribution is -2.12. The molecule has 2 nitrogen and oxygen atoms in total. The smallest absolute Gasteiger partial charge is 0.0572 e. The molecule has 0 aliphatic rings. The molecule has 0 aromatic carbocycles. The first-order chi connectivity index (χ1) is 21.8. The second kappa shape index (κ2) is 44.9. The molecule has 1 N–H and O–H groups in total. The van der Waals surface area contributed by atoms with E-state index in [1.54, 1.807) is 0 Å². The Kier molecular flexibility index (Phi) is 46.8. The molecule has 264 valence electrons. The molecule has 3 heteroatoms. The summed E-state index contributed by atoms with van der Waals surface area (Å²) in [7, 11) is 0. The van der Waals surface area contributed by atoms with Crippen molar-refractivity contribution in [3.63, 3.8) is 0 Å². The Morgan fingerprint density at radius 1 is 0.500 bits per heavy atom. The van der Waals surface area contributed by atoms with E-state index in [1.165, 1.54) is 173 Å². The van der Waals surface area contributed by atoms with Gasteiger partial charge in [-0.1, -0.05) is 173 Å². The number of unbranched alkanes of at least 4 members (excludes halogenated alkanes) is 23. The third kappa shape index (κ3) is 43.9. The van der Waals surface area contributed by atoms with Crippen molar-refractivity contribution in [3.8, 4) is 0 Å². The van der Waals surface area contributed by atoms with Crippen LogP contribution in [-0.2, 0) is 4.74 Å². The van der Waals surface area contributed by atoms with E-state index in [9.17, 15) is 0 Å². The summed E-state index contributed by atoms with van der Waals surface area (Å²) in [5.74, 6) is 1.01. The van der Waals surface area contributed by atoms with Crippen LogP contribution >= 0.6 is 12.6 Å². The minimum atomic E-state index is 0.373. The maximum absolute atomic E-state index is 8.67. The Morgan fingerprint density at radius 2 is 0.932 bits per heavy atom. The van der Waals surface area contributed by atoms with E-state index in [-0.39, 0.29) is 0 Å². The molecule has 0 heterocycles. The van der Waals surface area contributed by atoms with Gasteiger partial charge >= 0.3 is 0 Å². The Labute approximate surface area is 284 Å². The number of aliphatic hydroxyl groups is 1. The van der Waals surface area contributed by atoms with Gasteiger partial charge in [0.2, 0.25) is 0 Å². The normalized spacial score (nSPS) is 12.3. The van der Waals surface area contributed by atoms with Crippen LogP contribution in [0.15, 0.2) is 24.3 Å². The van der Waals surface area contributed by atoms with Gasteiger partial charge < -0.3 is 9.84 Å². The average Bonchev–Trinajstić information content (AvgIpc) is 3.04. The molecule has 0 fully saturated rings. The van der Waals surface area contributed by atoms with Gasteiger partial charge in [-0.05, 0) is 70.0 Å². The van der Waals surface area contributed by atoms with Crippen LogP contribution in [0.4, 0.5) is 0 Å². The van der Waals surface area contributed by atoms with Crippen LogP contribution in [-0.4, -0.2) is 30.2 Å². The van der Waals surface area contributed by atoms with Crippen molar-refractivity contribution in [3.05, 3.63) is 24.3 Å². The molecule has 0 saturated heterocycles. The molecule has 0 bridgehead atoms. The zero-order valence-electron chi connectivity index (χ0n) is 30.5. The van der Waals surface area contributed by atoms with Crippen LogP contribution in [0.25, 0.3) is 0 Å². The van der Waals surface area contributed by atoms with Crippen LogP contribution in [0, 0.1) is 0 Å². The highest BCUT2D eigenvalue weighted by molar-refractivity contribution is 7.80. The number of thiol groups is 1. The van der Waals surface area contributed by atoms with Crippen molar-refractivity contribution in [2.75, 3.05) is 19.0 Å². The number of hydrogen-bond donors (Lipinski definition) is 2. The number of allylic oxidation sites excluding steroid dienone is 4. The molecule has 0 amide bonds. The first-order valence-electron chi connectivity index (χ1n) is 19.9. The lowest BCUT2D eigenvalue weighted by Gasteiger charge is -2.14. The molecule has 0 spiro atoms. The lowest BCUT2D eigenvalue weighted by molar-refractivity contribution is 0.0419. The Bertz CT molecular complexity index is 517. The van der Waals surface area contributed by atoms with Gasteiger partial charge in [-0.3, -0.25) is 0 Å². The molecule has 0 aliphatic carbocycles. The van der Waals surface area contributed by atoms with Crippen molar-refractivity contribution >= 4 is 12.6 Å². The predicted molar refractivity (Wildman–Crippen MR) is 204 cm³/mol. The second-order valence-electron chi connectivity index (χ2n) is 13.0. The van der Waals surface area contributed by atoms with Gasteiger partial charge in [0, 0.05) is 13.2 Å². The van der Waals surface area contributed by atoms with Crippen LogP contribution < -0.4 is 0 Å². The summed E-state index contributed by atoms with van der Waals surface area (Å²) < 4.78 is 5.93. The molecule has 0 rings (SSSR count). The summed E-state index contributed by atoms with van der Waals surface area (Å²) >= 11 is 4.22. The summed E-state index contributed by atoms with van der Waals surface area (Å²) in [5.41, 5.74) is 0. The van der Waals surface area contributed by atoms with Gasteiger partial charge in [-0.2, -0.15) is 12.6 Å². The van der Waals surface area contributed by atoms with Crippen LogP contribution in [0.3, 0.4) is 0 Å². The average molecular weight is 639 g/mol. The quantitative estimate of drug-likeness (QED) is 0.0411. The van der Waals surface area contributed by atoms with E-state index < -0.39 is 0 Å². The van der Waals surface area contributed by atoms with Crippen molar-refractivity contribution in [1.29, 1.82) is 0 Å². The van der Waals surface area contributed by atoms with E-state index in [0.29, 0.717) is 12.7 Å². The first-order valence-corrected chi connectivity index (χ1v) is 20.5. The van der Waals surface area contributed by atoms with Crippen molar-refractivity contribution in [2.24, 2.45) is 0 Å². The maximum Gasteiger partial charge on any atom is 0.0572 e. The minimum Gasteiger partial charge on any atom is -0.396 e. The van der Waals surface area contributed by atoms with E-state index in [2.05, 4.69) is 57.7 Å². The molecule has 0 aromatic heterocycles. The fraction of sp³-hybridized carbons (Fsp3) is 0.902. The van der Waals surface area contributed by atoms with Gasteiger partial charge in [-0.25, -0.2) is 0 Å². The third-order valence-corrected chi connectivity index (χ3v) is 8.90. The molecule has 0 radical (unpaired) electrons. The Hall–Kier alpha value is -0.250. The number of rotatable bonds is 35. The monoisotopic (exact) mass is 639 g/mol. The zero-order valence-corrected chi connectivity index (χ0v) is 31.4. The molecule has 0 aromatic rings. The predicted octanol–water partition coefficient (Wildman–Crippen LogP) is 14.2. The Balaban J connectivity index is 0. The summed E-state index contributed by atoms with van der Waals surface area (Å²) in [4.78, 5) is 0. The van der Waals surface area contributed by atoms with Crippen molar-refractivity contribution in [2.45, 2.75) is 219 Å². The lowest BCUT2D eigenvalue weighted by atomic mass is 10.0. The fourth-order valence-corrected chi connectivity index (χ4v) is 5.81. The van der Waals surface area contributed by atoms with E-state index in [0.717, 1.165) is 31.6 Å². The highest BCUT2D eigenvalue weighted by atomic mass is 32.1. The summed E-state index contributed by atoms with van der Waals surface area (Å²) in [5, 5.41) is 8.67. The van der Waals surface area contributed by atoms with Crippen LogP contribution in [0.1, 0.15) is 213 Å². The summed E-state index contributed by atoms with van der Waals surface area (Å²) in [6.07, 6.45) is 49.6. The molecule has 44 heavy (non-hydrogen) atoms. The number of hydrogen-bond acceptors (Lipinski definition) is 3. The number of aliphatic hydroxyl groups excluding tert-OH is 1. The molecule has 0 aliphatic heterocycles. The fourth-order valence-electron chi connectivity index (χ4n) is 5.59. The van der Waals surface area contributed by atoms with Crippen LogP contribution in [0.5, 0.6) is 0 Å². The summed E-state index contributed by atoms with van der Waals surface area (Å²) in [6.45, 7) is 8.09.